The van der Waals surface area contributed by atoms with Crippen molar-refractivity contribution in [3.05, 3.63) is 64.5 Å². The second kappa shape index (κ2) is 6.66. The van der Waals surface area contributed by atoms with E-state index in [0.29, 0.717) is 11.0 Å². The van der Waals surface area contributed by atoms with Gasteiger partial charge >= 0.3 is 0 Å². The molecular weight excluding hydrogens is 360 g/mol. The first-order valence-electron chi connectivity index (χ1n) is 7.58. The Labute approximate surface area is 151 Å². The second-order valence-corrected chi connectivity index (χ2v) is 6.65. The average Bonchev–Trinajstić information content (AvgIpc) is 3.22. The zero-order valence-corrected chi connectivity index (χ0v) is 14.0. The molecular formula is C15H14N6O4S. The maximum atomic E-state index is 11.0. The van der Waals surface area contributed by atoms with Crippen molar-refractivity contribution in [2.75, 3.05) is 5.43 Å². The van der Waals surface area contributed by atoms with Crippen LogP contribution in [0.1, 0.15) is 10.9 Å². The maximum absolute atomic E-state index is 11.0. The fourth-order valence-corrected chi connectivity index (χ4v) is 3.60. The summed E-state index contributed by atoms with van der Waals surface area (Å²) in [5.41, 5.74) is 5.36. The van der Waals surface area contributed by atoms with Gasteiger partial charge in [-0.1, -0.05) is 11.8 Å². The van der Waals surface area contributed by atoms with Crippen molar-refractivity contribution in [3.63, 3.8) is 0 Å². The van der Waals surface area contributed by atoms with E-state index in [0.717, 1.165) is 11.1 Å². The van der Waals surface area contributed by atoms with Gasteiger partial charge in [-0.15, -0.1) is 10.2 Å². The lowest BCUT2D eigenvalue weighted by molar-refractivity contribution is -0.991. The Bertz CT molecular complexity index is 913. The number of quaternary nitrogens is 2. The van der Waals surface area contributed by atoms with Gasteiger partial charge in [0, 0.05) is 29.8 Å². The molecule has 1 aromatic heterocycles. The summed E-state index contributed by atoms with van der Waals surface area (Å²) in [6.45, 7) is 0. The SMILES string of the molecule is [O-][NH+](O)c1ccc(-c2nnc3n2N[C@@H](c2ccc([NH+]([O-])O)cc2)S3)cc1. The third kappa shape index (κ3) is 3.04. The summed E-state index contributed by atoms with van der Waals surface area (Å²) in [5, 5.41) is 46.8. The highest BCUT2D eigenvalue weighted by molar-refractivity contribution is 7.99. The standard InChI is InChI=1S/C15H14N6O4S/c22-20(23)11-5-1-9(2-6-11)13-16-17-15-19(13)18-14(26-15)10-3-7-12(8-4-10)21(24)25/h1-8,14,18,20-22,24H/t14-/m1/s1. The summed E-state index contributed by atoms with van der Waals surface area (Å²) in [6.07, 6.45) is 0. The molecule has 0 spiro atoms. The topological polar surface area (TPSA) is 138 Å². The fraction of sp³-hybridized carbons (Fsp3) is 0.0667. The molecule has 2 heterocycles. The average molecular weight is 374 g/mol. The van der Waals surface area contributed by atoms with Gasteiger partial charge in [0.05, 0.1) is 0 Å². The summed E-state index contributed by atoms with van der Waals surface area (Å²) in [6, 6.07) is 13.0. The summed E-state index contributed by atoms with van der Waals surface area (Å²) < 4.78 is 1.75. The van der Waals surface area contributed by atoms with Gasteiger partial charge in [-0.05, 0) is 29.8 Å². The molecule has 3 atom stereocenters. The van der Waals surface area contributed by atoms with Gasteiger partial charge in [0.2, 0.25) is 5.16 Å². The maximum Gasteiger partial charge on any atom is 0.212 e. The highest BCUT2D eigenvalue weighted by atomic mass is 32.2. The van der Waals surface area contributed by atoms with Crippen LogP contribution in [0, 0.1) is 10.4 Å². The molecule has 0 saturated carbocycles. The van der Waals surface area contributed by atoms with Crippen molar-refractivity contribution in [2.45, 2.75) is 10.5 Å². The Morgan fingerprint density at radius 1 is 0.923 bits per heavy atom. The van der Waals surface area contributed by atoms with Gasteiger partial charge in [0.15, 0.2) is 17.2 Å². The van der Waals surface area contributed by atoms with Crippen LogP contribution in [0.3, 0.4) is 0 Å². The van der Waals surface area contributed by atoms with Gasteiger partial charge in [0.1, 0.15) is 5.37 Å². The second-order valence-electron chi connectivity index (χ2n) is 5.58. The zero-order chi connectivity index (χ0) is 18.3. The predicted molar refractivity (Wildman–Crippen MR) is 91.4 cm³/mol. The van der Waals surface area contributed by atoms with Crippen LogP contribution in [0.5, 0.6) is 0 Å². The van der Waals surface area contributed by atoms with Crippen LogP contribution in [0.4, 0.5) is 11.4 Å². The summed E-state index contributed by atoms with van der Waals surface area (Å²) in [7, 11) is 0. The lowest BCUT2D eigenvalue weighted by atomic mass is 10.2. The molecule has 1 aliphatic rings. The molecule has 5 N–H and O–H groups in total. The van der Waals surface area contributed by atoms with E-state index in [1.165, 1.54) is 23.9 Å². The molecule has 11 heteroatoms. The highest BCUT2D eigenvalue weighted by Crippen LogP contribution is 2.40. The minimum Gasteiger partial charge on any atom is -0.595 e. The van der Waals surface area contributed by atoms with E-state index in [1.54, 1.807) is 41.1 Å². The van der Waals surface area contributed by atoms with E-state index >= 15 is 0 Å². The number of nitrogens with one attached hydrogen (secondary N) is 3. The monoisotopic (exact) mass is 374 g/mol. The van der Waals surface area contributed by atoms with Gasteiger partial charge in [0.25, 0.3) is 0 Å². The molecule has 10 nitrogen and oxygen atoms in total. The van der Waals surface area contributed by atoms with Gasteiger partial charge < -0.3 is 15.8 Å². The Morgan fingerprint density at radius 2 is 1.50 bits per heavy atom. The summed E-state index contributed by atoms with van der Waals surface area (Å²) in [4.78, 5) is 0. The first kappa shape index (κ1) is 16.9. The van der Waals surface area contributed by atoms with Crippen molar-refractivity contribution in [1.82, 2.24) is 14.9 Å². The lowest BCUT2D eigenvalue weighted by Gasteiger charge is -2.15. The van der Waals surface area contributed by atoms with Crippen LogP contribution in [-0.4, -0.2) is 25.3 Å². The van der Waals surface area contributed by atoms with Crippen LogP contribution in [-0.2, 0) is 0 Å². The smallest absolute Gasteiger partial charge is 0.212 e. The third-order valence-corrected chi connectivity index (χ3v) is 5.04. The Morgan fingerprint density at radius 3 is 2.08 bits per heavy atom. The first-order valence-corrected chi connectivity index (χ1v) is 8.46. The van der Waals surface area contributed by atoms with Crippen LogP contribution < -0.4 is 15.9 Å². The van der Waals surface area contributed by atoms with E-state index in [9.17, 15) is 10.4 Å². The molecule has 26 heavy (non-hydrogen) atoms. The van der Waals surface area contributed by atoms with Crippen molar-refractivity contribution in [3.8, 4) is 11.4 Å². The van der Waals surface area contributed by atoms with Gasteiger partial charge in [-0.2, -0.15) is 10.5 Å². The van der Waals surface area contributed by atoms with Crippen molar-refractivity contribution in [2.24, 2.45) is 0 Å². The van der Waals surface area contributed by atoms with Crippen molar-refractivity contribution in [1.29, 1.82) is 0 Å². The molecule has 2 unspecified atom stereocenters. The number of rotatable bonds is 4. The predicted octanol–water partition coefficient (Wildman–Crippen LogP) is 0.0999. The summed E-state index contributed by atoms with van der Waals surface area (Å²) >= 11 is 1.46. The van der Waals surface area contributed by atoms with Gasteiger partial charge in [-0.3, -0.25) is 0 Å². The fourth-order valence-electron chi connectivity index (χ4n) is 2.60. The number of hydrogen-bond acceptors (Lipinski definition) is 8. The third-order valence-electron chi connectivity index (χ3n) is 3.95. The van der Waals surface area contributed by atoms with Crippen LogP contribution in [0.15, 0.2) is 53.7 Å². The molecule has 3 aromatic rings. The minimum absolute atomic E-state index is 0.125. The van der Waals surface area contributed by atoms with Gasteiger partial charge in [-0.25, -0.2) is 15.1 Å². The van der Waals surface area contributed by atoms with E-state index in [1.807, 2.05) is 0 Å². The van der Waals surface area contributed by atoms with E-state index in [2.05, 4.69) is 15.6 Å². The number of hydrogen-bond donors (Lipinski definition) is 5. The Hall–Kier alpha value is -2.51. The molecule has 0 fully saturated rings. The zero-order valence-electron chi connectivity index (χ0n) is 13.2. The van der Waals surface area contributed by atoms with E-state index in [-0.39, 0.29) is 16.7 Å². The quantitative estimate of drug-likeness (QED) is 0.405. The highest BCUT2D eigenvalue weighted by Gasteiger charge is 2.28. The van der Waals surface area contributed by atoms with E-state index in [4.69, 9.17) is 10.4 Å². The molecule has 0 bridgehead atoms. The van der Waals surface area contributed by atoms with Crippen LogP contribution in [0.25, 0.3) is 11.4 Å². The Balaban J connectivity index is 1.57. The number of thioether (sulfide) groups is 1. The minimum atomic E-state index is -0.985. The molecule has 0 saturated heterocycles. The number of aromatic nitrogens is 3. The number of fused-ring (bicyclic) bond motifs is 1. The normalized spacial score (nSPS) is 18.2. The lowest BCUT2D eigenvalue weighted by Crippen LogP contribution is -2.99. The first-order chi connectivity index (χ1) is 12.5. The van der Waals surface area contributed by atoms with Crippen molar-refractivity contribution >= 4 is 23.1 Å². The van der Waals surface area contributed by atoms with Crippen LogP contribution >= 0.6 is 11.8 Å². The van der Waals surface area contributed by atoms with E-state index < -0.39 is 10.5 Å². The number of benzene rings is 2. The molecule has 0 radical (unpaired) electrons. The molecule has 4 rings (SSSR count). The molecule has 2 aromatic carbocycles. The van der Waals surface area contributed by atoms with Crippen LogP contribution in [0.2, 0.25) is 0 Å². The molecule has 0 amide bonds. The molecule has 0 aliphatic carbocycles. The molecule has 134 valence electrons. The van der Waals surface area contributed by atoms with Crippen molar-refractivity contribution < 1.29 is 20.9 Å². The largest absolute Gasteiger partial charge is 0.595 e. The number of nitrogens with zero attached hydrogens (tertiary/aromatic N) is 3. The molecule has 1 aliphatic heterocycles. The summed E-state index contributed by atoms with van der Waals surface area (Å²) in [5.74, 6) is 0.578. The Kier molecular flexibility index (Phi) is 4.34.